The number of nitrogens with zero attached hydrogens (tertiary/aromatic N) is 1. The first-order chi connectivity index (χ1) is 9.02. The molecule has 1 heterocycles. The van der Waals surface area contributed by atoms with Crippen LogP contribution in [0.15, 0.2) is 12.1 Å². The maximum atomic E-state index is 3.46. The number of hydrogen-bond acceptors (Lipinski definition) is 3. The van der Waals surface area contributed by atoms with E-state index in [-0.39, 0.29) is 0 Å². The summed E-state index contributed by atoms with van der Waals surface area (Å²) in [6, 6.07) is 5.21. The van der Waals surface area contributed by atoms with Gasteiger partial charge in [-0.15, -0.1) is 11.3 Å². The van der Waals surface area contributed by atoms with Crippen molar-refractivity contribution in [2.45, 2.75) is 59.7 Å². The Bertz CT molecular complexity index is 346. The summed E-state index contributed by atoms with van der Waals surface area (Å²) in [5.41, 5.74) is 0. The zero-order valence-corrected chi connectivity index (χ0v) is 14.0. The third-order valence-electron chi connectivity index (χ3n) is 3.41. The lowest BCUT2D eigenvalue weighted by Crippen LogP contribution is -2.29. The van der Waals surface area contributed by atoms with Crippen molar-refractivity contribution in [2.75, 3.05) is 13.6 Å². The summed E-state index contributed by atoms with van der Waals surface area (Å²) in [7, 11) is 2.24. The molecule has 110 valence electrons. The molecule has 0 fully saturated rings. The Kier molecular flexibility index (Phi) is 7.66. The minimum absolute atomic E-state index is 0.656. The Balaban J connectivity index is 2.39. The minimum Gasteiger partial charge on any atom is -0.312 e. The second-order valence-electron chi connectivity index (χ2n) is 5.94. The van der Waals surface area contributed by atoms with Gasteiger partial charge in [-0.2, -0.15) is 0 Å². The highest BCUT2D eigenvalue weighted by Gasteiger charge is 2.12. The molecule has 0 bridgehead atoms. The van der Waals surface area contributed by atoms with Crippen molar-refractivity contribution in [3.63, 3.8) is 0 Å². The van der Waals surface area contributed by atoms with Crippen LogP contribution in [0.2, 0.25) is 0 Å². The summed E-state index contributed by atoms with van der Waals surface area (Å²) >= 11 is 1.94. The fraction of sp³-hybridized carbons (Fsp3) is 0.750. The Labute approximate surface area is 123 Å². The van der Waals surface area contributed by atoms with Gasteiger partial charge in [0.05, 0.1) is 0 Å². The Hall–Kier alpha value is -0.380. The number of nitrogens with one attached hydrogen (secondary N) is 1. The zero-order chi connectivity index (χ0) is 14.3. The summed E-state index contributed by atoms with van der Waals surface area (Å²) in [6.07, 6.45) is 2.47. The van der Waals surface area contributed by atoms with Crippen LogP contribution in [0.25, 0.3) is 0 Å². The fourth-order valence-corrected chi connectivity index (χ4v) is 3.31. The Morgan fingerprint density at radius 1 is 1.21 bits per heavy atom. The van der Waals surface area contributed by atoms with Crippen LogP contribution in [-0.2, 0) is 13.1 Å². The Morgan fingerprint density at radius 3 is 2.53 bits per heavy atom. The molecular formula is C16H30N2S. The summed E-state index contributed by atoms with van der Waals surface area (Å²) in [5.74, 6) is 0.773. The van der Waals surface area contributed by atoms with Gasteiger partial charge in [0.1, 0.15) is 0 Å². The van der Waals surface area contributed by atoms with E-state index in [1.165, 1.54) is 22.6 Å². The molecule has 1 rings (SSSR count). The van der Waals surface area contributed by atoms with E-state index in [1.807, 2.05) is 11.3 Å². The molecule has 1 atom stereocenters. The second kappa shape index (κ2) is 8.72. The van der Waals surface area contributed by atoms with Crippen LogP contribution >= 0.6 is 11.3 Å². The van der Waals surface area contributed by atoms with Gasteiger partial charge in [-0.05, 0) is 51.4 Å². The van der Waals surface area contributed by atoms with Crippen molar-refractivity contribution in [1.82, 2.24) is 10.2 Å². The average Bonchev–Trinajstić information content (AvgIpc) is 2.76. The van der Waals surface area contributed by atoms with Gasteiger partial charge in [0.2, 0.25) is 0 Å². The minimum atomic E-state index is 0.656. The zero-order valence-electron chi connectivity index (χ0n) is 13.2. The smallest absolute Gasteiger partial charge is 0.0327 e. The van der Waals surface area contributed by atoms with Crippen LogP contribution in [0.4, 0.5) is 0 Å². The van der Waals surface area contributed by atoms with Gasteiger partial charge in [-0.25, -0.2) is 0 Å². The average molecular weight is 282 g/mol. The Morgan fingerprint density at radius 2 is 1.89 bits per heavy atom. The number of thiophene rings is 1. The maximum absolute atomic E-state index is 3.46. The van der Waals surface area contributed by atoms with E-state index < -0.39 is 0 Å². The third kappa shape index (κ3) is 6.55. The molecule has 1 aromatic heterocycles. The SMILES string of the molecule is CCCNCc1ccc(CN(C)C(C)CC(C)C)s1. The largest absolute Gasteiger partial charge is 0.312 e. The standard InChI is InChI=1S/C16H30N2S/c1-6-9-17-11-15-7-8-16(19-15)12-18(5)14(4)10-13(2)3/h7-8,13-14,17H,6,9-12H2,1-5H3. The predicted octanol–water partition coefficient (Wildman–Crippen LogP) is 4.11. The molecule has 1 unspecified atom stereocenters. The van der Waals surface area contributed by atoms with E-state index >= 15 is 0 Å². The summed E-state index contributed by atoms with van der Waals surface area (Å²) < 4.78 is 0. The van der Waals surface area contributed by atoms with E-state index in [0.717, 1.165) is 25.6 Å². The molecule has 1 aromatic rings. The van der Waals surface area contributed by atoms with Gasteiger partial charge in [-0.1, -0.05) is 20.8 Å². The molecule has 0 saturated carbocycles. The van der Waals surface area contributed by atoms with Gasteiger partial charge in [0.15, 0.2) is 0 Å². The summed E-state index contributed by atoms with van der Waals surface area (Å²) in [6.45, 7) is 12.3. The van der Waals surface area contributed by atoms with E-state index in [0.29, 0.717) is 6.04 Å². The van der Waals surface area contributed by atoms with Crippen LogP contribution in [-0.4, -0.2) is 24.5 Å². The van der Waals surface area contributed by atoms with E-state index in [1.54, 1.807) is 0 Å². The highest BCUT2D eigenvalue weighted by atomic mass is 32.1. The highest BCUT2D eigenvalue weighted by molar-refractivity contribution is 7.11. The maximum Gasteiger partial charge on any atom is 0.0327 e. The van der Waals surface area contributed by atoms with Crippen molar-refractivity contribution >= 4 is 11.3 Å². The highest BCUT2D eigenvalue weighted by Crippen LogP contribution is 2.20. The molecule has 0 radical (unpaired) electrons. The lowest BCUT2D eigenvalue weighted by atomic mass is 10.0. The fourth-order valence-electron chi connectivity index (χ4n) is 2.25. The summed E-state index contributed by atoms with van der Waals surface area (Å²) in [5, 5.41) is 3.46. The van der Waals surface area contributed by atoms with Crippen molar-refractivity contribution in [3.05, 3.63) is 21.9 Å². The molecule has 0 aliphatic heterocycles. The molecule has 0 amide bonds. The first kappa shape index (κ1) is 16.7. The van der Waals surface area contributed by atoms with E-state index in [9.17, 15) is 0 Å². The molecule has 0 aromatic carbocycles. The normalized spacial score (nSPS) is 13.4. The van der Waals surface area contributed by atoms with E-state index in [4.69, 9.17) is 0 Å². The van der Waals surface area contributed by atoms with Crippen LogP contribution in [0.5, 0.6) is 0 Å². The second-order valence-corrected chi connectivity index (χ2v) is 7.19. The molecule has 3 heteroatoms. The third-order valence-corrected chi connectivity index (χ3v) is 4.48. The summed E-state index contributed by atoms with van der Waals surface area (Å²) in [4.78, 5) is 5.40. The molecule has 1 N–H and O–H groups in total. The number of rotatable bonds is 9. The molecule has 0 aliphatic rings. The van der Waals surface area contributed by atoms with Crippen molar-refractivity contribution in [3.8, 4) is 0 Å². The molecule has 0 saturated heterocycles. The van der Waals surface area contributed by atoms with Crippen molar-refractivity contribution < 1.29 is 0 Å². The molecule has 2 nitrogen and oxygen atoms in total. The van der Waals surface area contributed by atoms with Crippen molar-refractivity contribution in [2.24, 2.45) is 5.92 Å². The van der Waals surface area contributed by atoms with Gasteiger partial charge in [0, 0.05) is 28.9 Å². The molecule has 19 heavy (non-hydrogen) atoms. The van der Waals surface area contributed by atoms with Crippen LogP contribution in [0.3, 0.4) is 0 Å². The lowest BCUT2D eigenvalue weighted by Gasteiger charge is -2.25. The van der Waals surface area contributed by atoms with Gasteiger partial charge in [-0.3, -0.25) is 4.90 Å². The van der Waals surface area contributed by atoms with Crippen LogP contribution < -0.4 is 5.32 Å². The molecular weight excluding hydrogens is 252 g/mol. The first-order valence-electron chi connectivity index (χ1n) is 7.51. The first-order valence-corrected chi connectivity index (χ1v) is 8.33. The predicted molar refractivity (Wildman–Crippen MR) is 86.7 cm³/mol. The monoisotopic (exact) mass is 282 g/mol. The topological polar surface area (TPSA) is 15.3 Å². The van der Waals surface area contributed by atoms with Gasteiger partial charge in [0.25, 0.3) is 0 Å². The lowest BCUT2D eigenvalue weighted by molar-refractivity contribution is 0.222. The molecule has 0 spiro atoms. The van der Waals surface area contributed by atoms with Crippen molar-refractivity contribution in [1.29, 1.82) is 0 Å². The molecule has 0 aliphatic carbocycles. The van der Waals surface area contributed by atoms with Crippen LogP contribution in [0.1, 0.15) is 50.3 Å². The quantitative estimate of drug-likeness (QED) is 0.686. The van der Waals surface area contributed by atoms with E-state index in [2.05, 4.69) is 57.1 Å². The van der Waals surface area contributed by atoms with Gasteiger partial charge >= 0.3 is 0 Å². The van der Waals surface area contributed by atoms with Gasteiger partial charge < -0.3 is 5.32 Å². The number of hydrogen-bond donors (Lipinski definition) is 1. The van der Waals surface area contributed by atoms with Crippen LogP contribution in [0, 0.1) is 5.92 Å².